The maximum atomic E-state index is 2.65. The van der Waals surface area contributed by atoms with Gasteiger partial charge in [-0.25, -0.2) is 0 Å². The fraction of sp³-hybridized carbons (Fsp3) is 0.941. The molecule has 0 aliphatic carbocycles. The van der Waals surface area contributed by atoms with Gasteiger partial charge in [-0.2, -0.15) is 0 Å². The summed E-state index contributed by atoms with van der Waals surface area (Å²) < 4.78 is 0. The van der Waals surface area contributed by atoms with Crippen LogP contribution >= 0.6 is 0 Å². The molecule has 1 rings (SSSR count). The number of hydrogen-bond acceptors (Lipinski definition) is 2. The molecule has 0 spiro atoms. The van der Waals surface area contributed by atoms with Crippen LogP contribution in [0.25, 0.3) is 0 Å². The lowest BCUT2D eigenvalue weighted by Crippen LogP contribution is -2.38. The van der Waals surface area contributed by atoms with Gasteiger partial charge in [-0.1, -0.05) is 162 Å². The lowest BCUT2D eigenvalue weighted by Gasteiger charge is -2.32. The molecule has 0 aromatic heterocycles. The van der Waals surface area contributed by atoms with Crippen molar-refractivity contribution < 1.29 is 0 Å². The average Bonchev–Trinajstić information content (AvgIpc) is 3.29. The van der Waals surface area contributed by atoms with Crippen molar-refractivity contribution in [1.82, 2.24) is 9.80 Å². The summed E-state index contributed by atoms with van der Waals surface area (Å²) in [5.74, 6) is 0. The van der Waals surface area contributed by atoms with E-state index in [9.17, 15) is 0 Å². The van der Waals surface area contributed by atoms with Crippen LogP contribution in [0.5, 0.6) is 0 Å². The maximum Gasteiger partial charge on any atom is 0.101 e. The van der Waals surface area contributed by atoms with Gasteiger partial charge in [0, 0.05) is 25.5 Å². The Morgan fingerprint density at radius 3 is 1.11 bits per heavy atom. The monoisotopic (exact) mass is 505 g/mol. The Labute approximate surface area is 229 Å². The molecule has 0 saturated carbocycles. The zero-order chi connectivity index (χ0) is 25.9. The zero-order valence-corrected chi connectivity index (χ0v) is 25.4. The van der Waals surface area contributed by atoms with Crippen molar-refractivity contribution in [2.75, 3.05) is 13.1 Å². The number of nitrogens with zero attached hydrogens (tertiary/aromatic N) is 2. The zero-order valence-electron chi connectivity index (χ0n) is 25.4. The SMILES string of the molecule is CCCCCCCCCCCCCCCCCN1C=CN(CC)C1CCCCCCCCCCCC. The molecule has 0 aromatic rings. The highest BCUT2D eigenvalue weighted by molar-refractivity contribution is 4.96. The number of unbranched alkanes of at least 4 members (excludes halogenated alkanes) is 23. The second kappa shape index (κ2) is 26.0. The molecule has 1 aliphatic rings. The largest absolute Gasteiger partial charge is 0.356 e. The maximum absolute atomic E-state index is 2.65. The van der Waals surface area contributed by atoms with Crippen LogP contribution in [0.4, 0.5) is 0 Å². The van der Waals surface area contributed by atoms with Gasteiger partial charge in [0.15, 0.2) is 0 Å². The van der Waals surface area contributed by atoms with Gasteiger partial charge in [-0.15, -0.1) is 0 Å². The molecule has 0 fully saturated rings. The van der Waals surface area contributed by atoms with Crippen LogP contribution in [0.15, 0.2) is 12.4 Å². The molecule has 2 nitrogen and oxygen atoms in total. The van der Waals surface area contributed by atoms with Crippen molar-refractivity contribution in [3.8, 4) is 0 Å². The van der Waals surface area contributed by atoms with Crippen LogP contribution in [0.3, 0.4) is 0 Å². The Hall–Kier alpha value is -0.660. The van der Waals surface area contributed by atoms with Crippen molar-refractivity contribution in [3.63, 3.8) is 0 Å². The first-order valence-electron chi connectivity index (χ1n) is 17.0. The van der Waals surface area contributed by atoms with E-state index >= 15 is 0 Å². The van der Waals surface area contributed by atoms with E-state index in [1.54, 1.807) is 0 Å². The fourth-order valence-corrected chi connectivity index (χ4v) is 5.91. The first-order valence-corrected chi connectivity index (χ1v) is 17.0. The van der Waals surface area contributed by atoms with Crippen LogP contribution in [0, 0.1) is 0 Å². The van der Waals surface area contributed by atoms with E-state index in [2.05, 4.69) is 43.0 Å². The first-order chi connectivity index (χ1) is 17.8. The highest BCUT2D eigenvalue weighted by Crippen LogP contribution is 2.23. The third-order valence-electron chi connectivity index (χ3n) is 8.42. The van der Waals surface area contributed by atoms with Gasteiger partial charge in [0.2, 0.25) is 0 Å². The Morgan fingerprint density at radius 2 is 0.722 bits per heavy atom. The molecule has 0 aromatic carbocycles. The Balaban J connectivity index is 1.95. The van der Waals surface area contributed by atoms with Crippen molar-refractivity contribution in [3.05, 3.63) is 12.4 Å². The van der Waals surface area contributed by atoms with Crippen molar-refractivity contribution in [1.29, 1.82) is 0 Å². The third-order valence-corrected chi connectivity index (χ3v) is 8.42. The lowest BCUT2D eigenvalue weighted by atomic mass is 10.0. The van der Waals surface area contributed by atoms with Gasteiger partial charge in [0.25, 0.3) is 0 Å². The molecule has 0 N–H and O–H groups in total. The van der Waals surface area contributed by atoms with E-state index in [1.165, 1.54) is 173 Å². The lowest BCUT2D eigenvalue weighted by molar-refractivity contribution is 0.142. The molecule has 0 bridgehead atoms. The van der Waals surface area contributed by atoms with Gasteiger partial charge in [-0.05, 0) is 26.2 Å². The minimum atomic E-state index is 0.635. The van der Waals surface area contributed by atoms with Crippen LogP contribution < -0.4 is 0 Å². The third kappa shape index (κ3) is 18.6. The summed E-state index contributed by atoms with van der Waals surface area (Å²) in [6.07, 6.45) is 42.8. The molecule has 1 aliphatic heterocycles. The summed E-state index contributed by atoms with van der Waals surface area (Å²) in [6.45, 7) is 9.33. The highest BCUT2D eigenvalue weighted by Gasteiger charge is 2.23. The Morgan fingerprint density at radius 1 is 0.389 bits per heavy atom. The number of rotatable bonds is 28. The second-order valence-electron chi connectivity index (χ2n) is 11.8. The number of hydrogen-bond donors (Lipinski definition) is 0. The minimum Gasteiger partial charge on any atom is -0.356 e. The van der Waals surface area contributed by atoms with Crippen molar-refractivity contribution >= 4 is 0 Å². The normalized spacial score (nSPS) is 15.5. The standard InChI is InChI=1S/C34H68N2/c1-4-7-9-11-13-15-17-18-19-20-21-23-25-27-29-31-36-33-32-35(6-3)34(36)30-28-26-24-22-16-14-12-10-8-5-2/h32-34H,4-31H2,1-3H3. The summed E-state index contributed by atoms with van der Waals surface area (Å²) >= 11 is 0. The molecule has 36 heavy (non-hydrogen) atoms. The second-order valence-corrected chi connectivity index (χ2v) is 11.8. The quantitative estimate of drug-likeness (QED) is 0.0977. The Kier molecular flexibility index (Phi) is 24.1. The van der Waals surface area contributed by atoms with Gasteiger partial charge in [0.1, 0.15) is 6.17 Å². The molecule has 0 radical (unpaired) electrons. The summed E-state index contributed by atoms with van der Waals surface area (Å²) in [4.78, 5) is 5.22. The van der Waals surface area contributed by atoms with Crippen molar-refractivity contribution in [2.24, 2.45) is 0 Å². The van der Waals surface area contributed by atoms with Gasteiger partial charge >= 0.3 is 0 Å². The summed E-state index contributed by atoms with van der Waals surface area (Å²) in [5.41, 5.74) is 0. The van der Waals surface area contributed by atoms with E-state index < -0.39 is 0 Å². The summed E-state index contributed by atoms with van der Waals surface area (Å²) in [6, 6.07) is 0. The van der Waals surface area contributed by atoms with Gasteiger partial charge in [0.05, 0.1) is 0 Å². The topological polar surface area (TPSA) is 6.48 Å². The van der Waals surface area contributed by atoms with E-state index in [0.29, 0.717) is 6.17 Å². The Bertz CT molecular complexity index is 460. The minimum absolute atomic E-state index is 0.635. The predicted molar refractivity (Wildman–Crippen MR) is 163 cm³/mol. The molecule has 1 atom stereocenters. The molecular weight excluding hydrogens is 436 g/mol. The summed E-state index contributed by atoms with van der Waals surface area (Å²) in [5, 5.41) is 0. The van der Waals surface area contributed by atoms with Crippen LogP contribution in [0.1, 0.15) is 188 Å². The van der Waals surface area contributed by atoms with Crippen LogP contribution in [-0.2, 0) is 0 Å². The molecule has 0 amide bonds. The first kappa shape index (κ1) is 33.4. The van der Waals surface area contributed by atoms with E-state index in [-0.39, 0.29) is 0 Å². The average molecular weight is 505 g/mol. The smallest absolute Gasteiger partial charge is 0.101 e. The van der Waals surface area contributed by atoms with Crippen LogP contribution in [-0.4, -0.2) is 29.1 Å². The van der Waals surface area contributed by atoms with Crippen molar-refractivity contribution in [2.45, 2.75) is 194 Å². The van der Waals surface area contributed by atoms with E-state index in [0.717, 1.165) is 6.54 Å². The predicted octanol–water partition coefficient (Wildman–Crippen LogP) is 11.6. The molecule has 2 heteroatoms. The molecule has 1 heterocycles. The van der Waals surface area contributed by atoms with Crippen LogP contribution in [0.2, 0.25) is 0 Å². The van der Waals surface area contributed by atoms with Gasteiger partial charge in [-0.3, -0.25) is 0 Å². The molecule has 214 valence electrons. The molecular formula is C34H68N2. The molecule has 1 unspecified atom stereocenters. The molecule has 0 saturated heterocycles. The van der Waals surface area contributed by atoms with E-state index in [4.69, 9.17) is 0 Å². The summed E-state index contributed by atoms with van der Waals surface area (Å²) in [7, 11) is 0. The van der Waals surface area contributed by atoms with Gasteiger partial charge < -0.3 is 9.80 Å². The fourth-order valence-electron chi connectivity index (χ4n) is 5.91. The van der Waals surface area contributed by atoms with E-state index in [1.807, 2.05) is 0 Å². The highest BCUT2D eigenvalue weighted by atomic mass is 15.4.